The van der Waals surface area contributed by atoms with Gasteiger partial charge in [-0.05, 0) is 6.42 Å². The second-order valence-electron chi connectivity index (χ2n) is 3.74. The van der Waals surface area contributed by atoms with Gasteiger partial charge >= 0.3 is 21.7 Å². The molecule has 0 aromatic carbocycles. The maximum Gasteiger partial charge on any atom is 4.00 e. The molecule has 0 aromatic rings. The first-order valence-corrected chi connectivity index (χ1v) is 6.85. The second-order valence-corrected chi connectivity index (χ2v) is 3.74. The second kappa shape index (κ2) is 27.4. The summed E-state index contributed by atoms with van der Waals surface area (Å²) >= 11 is 0. The third kappa shape index (κ3) is 26.6. The van der Waals surface area contributed by atoms with Crippen LogP contribution < -0.4 is 0 Å². The van der Waals surface area contributed by atoms with E-state index in [1.807, 2.05) is 13.8 Å². The molecular weight excluding hydrogens is 282 g/mol. The summed E-state index contributed by atoms with van der Waals surface area (Å²) in [5.74, 6) is 0. The van der Waals surface area contributed by atoms with Crippen LogP contribution in [0.4, 0.5) is 0 Å². The van der Waals surface area contributed by atoms with E-state index in [0.29, 0.717) is 0 Å². The molecule has 0 spiro atoms. The summed E-state index contributed by atoms with van der Waals surface area (Å²) in [6.45, 7) is 9.96. The van der Waals surface area contributed by atoms with Gasteiger partial charge in [-0.1, -0.05) is 51.0 Å². The Kier molecular flexibility index (Phi) is 38.8. The van der Waals surface area contributed by atoms with Gasteiger partial charge in [0, 0.05) is 0 Å². The van der Waals surface area contributed by atoms with Crippen molar-refractivity contribution in [3.8, 4) is 0 Å². The molecule has 116 valence electrons. The van der Waals surface area contributed by atoms with Crippen molar-refractivity contribution >= 4 is 0 Å². The zero-order valence-electron chi connectivity index (χ0n) is 14.3. The van der Waals surface area contributed by atoms with Crippen LogP contribution in [0, 0.1) is 7.43 Å². The van der Waals surface area contributed by atoms with Crippen LogP contribution >= 0.6 is 0 Å². The monoisotopic (exact) mass is 315 g/mol. The SMILES string of the molecule is CC[N-]C.CC[N-]C.CC[N-]CCC1=CC=CC1.[CH3-].[Ti+4]. The molecule has 0 N–H and O–H groups in total. The van der Waals surface area contributed by atoms with Gasteiger partial charge in [-0.3, -0.25) is 0 Å². The smallest absolute Gasteiger partial charge is 0.665 e. The fourth-order valence-electron chi connectivity index (χ4n) is 1.06. The van der Waals surface area contributed by atoms with E-state index >= 15 is 0 Å². The first kappa shape index (κ1) is 28.3. The summed E-state index contributed by atoms with van der Waals surface area (Å²) in [5, 5.41) is 11.7. The molecule has 0 saturated carbocycles. The minimum absolute atomic E-state index is 0. The van der Waals surface area contributed by atoms with Crippen molar-refractivity contribution in [1.29, 1.82) is 0 Å². The predicted octanol–water partition coefficient (Wildman–Crippen LogP) is 5.12. The molecule has 0 aliphatic heterocycles. The normalized spacial score (nSPS) is 10.9. The van der Waals surface area contributed by atoms with Gasteiger partial charge in [0.2, 0.25) is 0 Å². The maximum atomic E-state index is 4.27. The first-order valence-electron chi connectivity index (χ1n) is 6.85. The van der Waals surface area contributed by atoms with Crippen molar-refractivity contribution in [2.75, 3.05) is 40.3 Å². The van der Waals surface area contributed by atoms with Gasteiger partial charge in [0.05, 0.1) is 0 Å². The van der Waals surface area contributed by atoms with Crippen molar-refractivity contribution in [2.24, 2.45) is 0 Å². The van der Waals surface area contributed by atoms with Gasteiger partial charge < -0.3 is 23.4 Å². The van der Waals surface area contributed by atoms with E-state index in [2.05, 4.69) is 41.1 Å². The molecule has 0 aromatic heterocycles. The zero-order valence-corrected chi connectivity index (χ0v) is 15.9. The Balaban J connectivity index is -0.000000110. The van der Waals surface area contributed by atoms with E-state index in [-0.39, 0.29) is 29.1 Å². The first-order chi connectivity index (χ1) is 8.76. The summed E-state index contributed by atoms with van der Waals surface area (Å²) in [6, 6.07) is 0. The Bertz CT molecular complexity index is 196. The maximum absolute atomic E-state index is 4.27. The molecule has 0 unspecified atom stereocenters. The Morgan fingerprint density at radius 3 is 1.80 bits per heavy atom. The molecule has 0 fully saturated rings. The summed E-state index contributed by atoms with van der Waals surface area (Å²) < 4.78 is 0. The van der Waals surface area contributed by atoms with E-state index in [0.717, 1.165) is 39.0 Å². The van der Waals surface area contributed by atoms with Crippen LogP contribution in [-0.2, 0) is 21.7 Å². The van der Waals surface area contributed by atoms with E-state index in [4.69, 9.17) is 0 Å². The molecule has 4 heteroatoms. The average molecular weight is 315 g/mol. The molecule has 0 bridgehead atoms. The standard InChI is InChI=1S/C9H14N.2C3H8N.CH3.Ti/c1-2-10-8-7-9-5-3-4-6-9;2*1-3-4-2;;/h3-5H,2,6-8H2,1H3;2*3H2,1-2H3;1H3;/q4*-1;+4. The Labute approximate surface area is 143 Å². The summed E-state index contributed by atoms with van der Waals surface area (Å²) in [6.07, 6.45) is 8.83. The van der Waals surface area contributed by atoms with Crippen LogP contribution in [-0.4, -0.2) is 40.3 Å². The van der Waals surface area contributed by atoms with Gasteiger partial charge in [-0.15, -0.1) is 6.54 Å². The van der Waals surface area contributed by atoms with Crippen LogP contribution in [0.2, 0.25) is 0 Å². The minimum Gasteiger partial charge on any atom is -0.665 e. The van der Waals surface area contributed by atoms with Gasteiger partial charge in [-0.25, -0.2) is 0 Å². The van der Waals surface area contributed by atoms with Gasteiger partial charge in [0.25, 0.3) is 0 Å². The number of hydrogen-bond acceptors (Lipinski definition) is 0. The van der Waals surface area contributed by atoms with Crippen LogP contribution in [0.3, 0.4) is 0 Å². The summed E-state index contributed by atoms with van der Waals surface area (Å²) in [7, 11) is 3.61. The van der Waals surface area contributed by atoms with Crippen molar-refractivity contribution in [2.45, 2.75) is 33.6 Å². The Morgan fingerprint density at radius 2 is 1.50 bits per heavy atom. The number of allylic oxidation sites excluding steroid dienone is 3. The number of nitrogens with zero attached hydrogens (tertiary/aromatic N) is 3. The van der Waals surface area contributed by atoms with Crippen LogP contribution in [0.1, 0.15) is 33.6 Å². The summed E-state index contributed by atoms with van der Waals surface area (Å²) in [4.78, 5) is 0. The number of rotatable bonds is 6. The molecule has 1 aliphatic rings. The molecule has 0 heterocycles. The Morgan fingerprint density at radius 1 is 1.00 bits per heavy atom. The number of hydrogen-bond donors (Lipinski definition) is 0. The van der Waals surface area contributed by atoms with Gasteiger partial charge in [-0.2, -0.15) is 33.7 Å². The minimum atomic E-state index is 0. The predicted molar refractivity (Wildman–Crippen MR) is 91.3 cm³/mol. The average Bonchev–Trinajstić information content (AvgIpc) is 2.93. The van der Waals surface area contributed by atoms with Crippen LogP contribution in [0.25, 0.3) is 16.0 Å². The molecule has 1 aliphatic carbocycles. The fraction of sp³-hybridized carbons (Fsp3) is 0.688. The third-order valence-corrected chi connectivity index (χ3v) is 2.30. The largest absolute Gasteiger partial charge is 4.00 e. The molecular formula is C16H33N3Ti. The van der Waals surface area contributed by atoms with Crippen molar-refractivity contribution in [3.05, 3.63) is 47.2 Å². The van der Waals surface area contributed by atoms with E-state index < -0.39 is 0 Å². The molecule has 0 atom stereocenters. The van der Waals surface area contributed by atoms with Crippen molar-refractivity contribution in [3.63, 3.8) is 0 Å². The van der Waals surface area contributed by atoms with Crippen LogP contribution in [0.5, 0.6) is 0 Å². The molecule has 0 radical (unpaired) electrons. The van der Waals surface area contributed by atoms with E-state index in [1.165, 1.54) is 5.57 Å². The quantitative estimate of drug-likeness (QED) is 0.371. The molecule has 0 amide bonds. The van der Waals surface area contributed by atoms with Gasteiger partial charge in [0.15, 0.2) is 0 Å². The van der Waals surface area contributed by atoms with Crippen LogP contribution in [0.15, 0.2) is 23.8 Å². The van der Waals surface area contributed by atoms with Crippen molar-refractivity contribution < 1.29 is 21.7 Å². The van der Waals surface area contributed by atoms with Crippen molar-refractivity contribution in [1.82, 2.24) is 0 Å². The molecule has 3 nitrogen and oxygen atoms in total. The molecule has 1 rings (SSSR count). The van der Waals surface area contributed by atoms with E-state index in [1.54, 1.807) is 14.1 Å². The molecule has 20 heavy (non-hydrogen) atoms. The molecule has 0 saturated heterocycles. The summed E-state index contributed by atoms with van der Waals surface area (Å²) in [5.41, 5.74) is 1.53. The fourth-order valence-corrected chi connectivity index (χ4v) is 1.06. The van der Waals surface area contributed by atoms with Gasteiger partial charge in [0.1, 0.15) is 0 Å². The topological polar surface area (TPSA) is 42.3 Å². The third-order valence-electron chi connectivity index (χ3n) is 2.30. The van der Waals surface area contributed by atoms with E-state index in [9.17, 15) is 0 Å². The Hall–Kier alpha value is 0.0743. The zero-order chi connectivity index (χ0) is 14.1.